The van der Waals surface area contributed by atoms with Gasteiger partial charge in [-0.25, -0.2) is 4.98 Å². The zero-order chi connectivity index (χ0) is 7.84. The van der Waals surface area contributed by atoms with E-state index in [4.69, 9.17) is 11.5 Å². The number of nitrogen functional groups attached to an aromatic ring is 2. The first-order chi connectivity index (χ1) is 5.25. The van der Waals surface area contributed by atoms with Crippen LogP contribution in [0.2, 0.25) is 0 Å². The molecule has 1 aromatic carbocycles. The highest BCUT2D eigenvalue weighted by atomic mass is 32.1. The predicted molar refractivity (Wildman–Crippen MR) is 47.3 cm³/mol. The molecule has 0 amide bonds. The molecular weight excluding hydrogens is 158 g/mol. The molecule has 0 spiro atoms. The smallest absolute Gasteiger partial charge is 0.181 e. The first-order valence-corrected chi connectivity index (χ1v) is 3.90. The van der Waals surface area contributed by atoms with E-state index in [-0.39, 0.29) is 0 Å². The van der Waals surface area contributed by atoms with E-state index in [0.29, 0.717) is 10.8 Å². The standard InChI is InChI=1S/C7H6N3S/c8-4-1-2-5-6(3-4)11-7(9)10-5/h1,3H,8H2,(H2,9,10). The van der Waals surface area contributed by atoms with Gasteiger partial charge in [0.2, 0.25) is 0 Å². The largest absolute Gasteiger partial charge is 0.399 e. The summed E-state index contributed by atoms with van der Waals surface area (Å²) in [6.45, 7) is 0. The molecule has 4 heteroatoms. The second kappa shape index (κ2) is 2.10. The fourth-order valence-electron chi connectivity index (χ4n) is 0.895. The lowest BCUT2D eigenvalue weighted by Crippen LogP contribution is -1.82. The Hall–Kier alpha value is -1.29. The van der Waals surface area contributed by atoms with Crippen molar-refractivity contribution in [3.63, 3.8) is 0 Å². The topological polar surface area (TPSA) is 64.9 Å². The van der Waals surface area contributed by atoms with E-state index in [9.17, 15) is 0 Å². The lowest BCUT2D eigenvalue weighted by atomic mass is 10.3. The highest BCUT2D eigenvalue weighted by molar-refractivity contribution is 7.22. The number of benzene rings is 1. The van der Waals surface area contributed by atoms with Gasteiger partial charge in [-0.15, -0.1) is 0 Å². The summed E-state index contributed by atoms with van der Waals surface area (Å²) in [5.41, 5.74) is 12.5. The van der Waals surface area contributed by atoms with Crippen LogP contribution in [0, 0.1) is 6.07 Å². The molecule has 0 fully saturated rings. The van der Waals surface area contributed by atoms with E-state index in [1.54, 1.807) is 6.07 Å². The zero-order valence-electron chi connectivity index (χ0n) is 5.66. The van der Waals surface area contributed by atoms with Crippen LogP contribution in [0.5, 0.6) is 0 Å². The van der Waals surface area contributed by atoms with Crippen LogP contribution in [-0.4, -0.2) is 4.98 Å². The summed E-state index contributed by atoms with van der Waals surface area (Å²) in [6.07, 6.45) is 0. The monoisotopic (exact) mass is 164 g/mol. The molecule has 0 atom stereocenters. The van der Waals surface area contributed by atoms with Crippen molar-refractivity contribution in [1.82, 2.24) is 4.98 Å². The Bertz CT molecular complexity index is 393. The predicted octanol–water partition coefficient (Wildman–Crippen LogP) is 1.26. The third kappa shape index (κ3) is 1.01. The number of thiazole rings is 1. The van der Waals surface area contributed by atoms with E-state index in [1.165, 1.54) is 11.3 Å². The number of anilines is 2. The summed E-state index contributed by atoms with van der Waals surface area (Å²) < 4.78 is 0.988. The third-order valence-electron chi connectivity index (χ3n) is 1.34. The molecule has 1 radical (unpaired) electrons. The van der Waals surface area contributed by atoms with E-state index in [2.05, 4.69) is 11.1 Å². The van der Waals surface area contributed by atoms with E-state index in [0.717, 1.165) is 10.2 Å². The van der Waals surface area contributed by atoms with Gasteiger partial charge in [-0.05, 0) is 12.1 Å². The molecule has 11 heavy (non-hydrogen) atoms. The number of fused-ring (bicyclic) bond motifs is 1. The van der Waals surface area contributed by atoms with Gasteiger partial charge in [-0.3, -0.25) is 0 Å². The molecule has 2 aromatic rings. The molecule has 55 valence electrons. The second-order valence-electron chi connectivity index (χ2n) is 2.20. The lowest BCUT2D eigenvalue weighted by molar-refractivity contribution is 1.49. The van der Waals surface area contributed by atoms with Crippen molar-refractivity contribution in [2.24, 2.45) is 0 Å². The number of hydrogen-bond donors (Lipinski definition) is 2. The molecule has 0 unspecified atom stereocenters. The minimum Gasteiger partial charge on any atom is -0.399 e. The van der Waals surface area contributed by atoms with E-state index in [1.807, 2.05) is 6.07 Å². The van der Waals surface area contributed by atoms with Gasteiger partial charge in [0.15, 0.2) is 5.13 Å². The first kappa shape index (κ1) is 6.42. The number of aromatic nitrogens is 1. The molecule has 1 aromatic heterocycles. The summed E-state index contributed by atoms with van der Waals surface area (Å²) in [7, 11) is 0. The molecule has 2 rings (SSSR count). The SMILES string of the molecule is Nc1c[c]c2nc(N)sc2c1. The number of nitrogens with zero attached hydrogens (tertiary/aromatic N) is 1. The number of hydrogen-bond acceptors (Lipinski definition) is 4. The summed E-state index contributed by atoms with van der Waals surface area (Å²) >= 11 is 1.42. The molecule has 0 aliphatic carbocycles. The minimum atomic E-state index is 0.557. The van der Waals surface area contributed by atoms with E-state index >= 15 is 0 Å². The van der Waals surface area contributed by atoms with Gasteiger partial charge in [0.1, 0.15) is 0 Å². The fourth-order valence-corrected chi connectivity index (χ4v) is 1.65. The maximum atomic E-state index is 5.54. The Morgan fingerprint density at radius 2 is 2.27 bits per heavy atom. The fraction of sp³-hybridized carbons (Fsp3) is 0. The van der Waals surface area contributed by atoms with Gasteiger partial charge in [-0.2, -0.15) is 0 Å². The van der Waals surface area contributed by atoms with Crippen LogP contribution in [0.4, 0.5) is 10.8 Å². The second-order valence-corrected chi connectivity index (χ2v) is 3.26. The molecule has 1 heterocycles. The Morgan fingerprint density at radius 3 is 3.09 bits per heavy atom. The van der Waals surface area contributed by atoms with Crippen LogP contribution in [0.15, 0.2) is 12.1 Å². The Kier molecular flexibility index (Phi) is 1.22. The first-order valence-electron chi connectivity index (χ1n) is 3.09. The Balaban J connectivity index is 2.82. The van der Waals surface area contributed by atoms with Crippen LogP contribution in [0.25, 0.3) is 10.2 Å². The van der Waals surface area contributed by atoms with Crippen molar-refractivity contribution in [1.29, 1.82) is 0 Å². The van der Waals surface area contributed by atoms with Crippen molar-refractivity contribution in [2.45, 2.75) is 0 Å². The molecule has 4 N–H and O–H groups in total. The van der Waals surface area contributed by atoms with Crippen molar-refractivity contribution in [2.75, 3.05) is 11.5 Å². The highest BCUT2D eigenvalue weighted by Crippen LogP contribution is 2.24. The van der Waals surface area contributed by atoms with Gasteiger partial charge in [0.05, 0.1) is 10.2 Å². The van der Waals surface area contributed by atoms with Crippen LogP contribution >= 0.6 is 11.3 Å². The average Bonchev–Trinajstić information content (AvgIpc) is 2.27. The number of rotatable bonds is 0. The third-order valence-corrected chi connectivity index (χ3v) is 2.17. The van der Waals surface area contributed by atoms with E-state index < -0.39 is 0 Å². The summed E-state index contributed by atoms with van der Waals surface area (Å²) in [5, 5.41) is 0.557. The van der Waals surface area contributed by atoms with Crippen LogP contribution in [0.3, 0.4) is 0 Å². The zero-order valence-corrected chi connectivity index (χ0v) is 6.48. The van der Waals surface area contributed by atoms with Crippen molar-refractivity contribution in [3.8, 4) is 0 Å². The molecule has 0 saturated heterocycles. The van der Waals surface area contributed by atoms with Crippen molar-refractivity contribution in [3.05, 3.63) is 18.2 Å². The molecular formula is C7H6N3S. The number of nitrogens with two attached hydrogens (primary N) is 2. The van der Waals surface area contributed by atoms with Gasteiger partial charge in [-0.1, -0.05) is 11.3 Å². The Labute approximate surface area is 67.7 Å². The molecule has 0 saturated carbocycles. The molecule has 0 aliphatic rings. The van der Waals surface area contributed by atoms with Crippen LogP contribution in [0.1, 0.15) is 0 Å². The maximum absolute atomic E-state index is 5.54. The average molecular weight is 164 g/mol. The lowest BCUT2D eigenvalue weighted by Gasteiger charge is -1.88. The van der Waals surface area contributed by atoms with Crippen LogP contribution < -0.4 is 11.5 Å². The van der Waals surface area contributed by atoms with Gasteiger partial charge >= 0.3 is 0 Å². The normalized spacial score (nSPS) is 10.5. The van der Waals surface area contributed by atoms with Gasteiger partial charge in [0.25, 0.3) is 0 Å². The Morgan fingerprint density at radius 1 is 1.45 bits per heavy atom. The highest BCUT2D eigenvalue weighted by Gasteiger charge is 1.99. The summed E-state index contributed by atoms with van der Waals surface area (Å²) in [5.74, 6) is 0. The summed E-state index contributed by atoms with van der Waals surface area (Å²) in [6, 6.07) is 6.48. The molecule has 3 nitrogen and oxygen atoms in total. The summed E-state index contributed by atoms with van der Waals surface area (Å²) in [4.78, 5) is 4.04. The van der Waals surface area contributed by atoms with Gasteiger partial charge < -0.3 is 11.5 Å². The quantitative estimate of drug-likeness (QED) is 0.576. The minimum absolute atomic E-state index is 0.557. The van der Waals surface area contributed by atoms with Crippen molar-refractivity contribution >= 4 is 32.4 Å². The van der Waals surface area contributed by atoms with Crippen molar-refractivity contribution < 1.29 is 0 Å². The molecule has 0 bridgehead atoms. The molecule has 0 aliphatic heterocycles. The van der Waals surface area contributed by atoms with Gasteiger partial charge in [0, 0.05) is 11.8 Å². The van der Waals surface area contributed by atoms with Crippen LogP contribution in [-0.2, 0) is 0 Å². The maximum Gasteiger partial charge on any atom is 0.181 e.